The number of imide groups is 1. The fourth-order valence-corrected chi connectivity index (χ4v) is 3.41. The molecule has 0 saturated carbocycles. The van der Waals surface area contributed by atoms with Crippen LogP contribution < -0.4 is 5.32 Å². The lowest BCUT2D eigenvalue weighted by Gasteiger charge is -2.13. The van der Waals surface area contributed by atoms with Crippen molar-refractivity contribution in [2.75, 3.05) is 11.9 Å². The van der Waals surface area contributed by atoms with Crippen molar-refractivity contribution in [3.8, 4) is 0 Å². The monoisotopic (exact) mass is 403 g/mol. The van der Waals surface area contributed by atoms with E-state index >= 15 is 0 Å². The molecule has 1 aliphatic heterocycles. The highest BCUT2D eigenvalue weighted by Crippen LogP contribution is 2.24. The number of anilines is 1. The fourth-order valence-electron chi connectivity index (χ4n) is 3.41. The predicted molar refractivity (Wildman–Crippen MR) is 110 cm³/mol. The number of carbonyl (C=O) groups excluding carboxylic acids is 3. The van der Waals surface area contributed by atoms with E-state index in [4.69, 9.17) is 0 Å². The smallest absolute Gasteiger partial charge is 0.261 e. The molecule has 1 aliphatic rings. The van der Waals surface area contributed by atoms with Gasteiger partial charge in [0.05, 0.1) is 17.7 Å². The number of hydrogen-bond donors (Lipinski definition) is 1. The second kappa shape index (κ2) is 8.28. The molecule has 3 amide bonds. The average Bonchev–Trinajstić information content (AvgIpc) is 3.26. The molecule has 0 saturated heterocycles. The zero-order valence-electron chi connectivity index (χ0n) is 16.5. The van der Waals surface area contributed by atoms with Crippen LogP contribution in [0.2, 0.25) is 0 Å². The maximum atomic E-state index is 12.5. The molecule has 8 nitrogen and oxygen atoms in total. The van der Waals surface area contributed by atoms with Crippen LogP contribution in [0.5, 0.6) is 0 Å². The van der Waals surface area contributed by atoms with E-state index in [9.17, 15) is 14.4 Å². The third-order valence-corrected chi connectivity index (χ3v) is 4.89. The third-order valence-electron chi connectivity index (χ3n) is 4.89. The van der Waals surface area contributed by atoms with Gasteiger partial charge in [0, 0.05) is 37.6 Å². The molecule has 30 heavy (non-hydrogen) atoms. The summed E-state index contributed by atoms with van der Waals surface area (Å²) in [6.45, 7) is 2.64. The van der Waals surface area contributed by atoms with Crippen molar-refractivity contribution < 1.29 is 14.4 Å². The molecular weight excluding hydrogens is 382 g/mol. The van der Waals surface area contributed by atoms with E-state index in [0.717, 1.165) is 11.1 Å². The number of aryl methyl sites for hydroxylation is 1. The summed E-state index contributed by atoms with van der Waals surface area (Å²) in [5.74, 6) is -0.355. The second-order valence-corrected chi connectivity index (χ2v) is 7.22. The highest BCUT2D eigenvalue weighted by Gasteiger charge is 2.34. The van der Waals surface area contributed by atoms with E-state index in [0.29, 0.717) is 29.9 Å². The minimum absolute atomic E-state index is 0.182. The standard InChI is InChI=1S/C22H21N5O3/c1-15-6-7-17-18(12-15)22(30)27(21(17)29)10-3-5-20(28)24-19-8-11-26(25-19)14-16-4-2-9-23-13-16/h2,4,6-9,11-13H,3,5,10,14H2,1H3,(H,24,25,28). The number of amides is 3. The lowest BCUT2D eigenvalue weighted by molar-refractivity contribution is -0.116. The Morgan fingerprint density at radius 1 is 1.10 bits per heavy atom. The van der Waals surface area contributed by atoms with Crippen LogP contribution in [0.4, 0.5) is 5.82 Å². The first-order valence-electron chi connectivity index (χ1n) is 9.70. The minimum Gasteiger partial charge on any atom is -0.309 e. The number of pyridine rings is 1. The number of benzene rings is 1. The topological polar surface area (TPSA) is 97.2 Å². The summed E-state index contributed by atoms with van der Waals surface area (Å²) < 4.78 is 1.72. The maximum absolute atomic E-state index is 12.5. The van der Waals surface area contributed by atoms with Crippen LogP contribution in [-0.4, -0.2) is 43.9 Å². The average molecular weight is 403 g/mol. The molecule has 4 rings (SSSR count). The number of aromatic nitrogens is 3. The highest BCUT2D eigenvalue weighted by atomic mass is 16.2. The Kier molecular flexibility index (Phi) is 5.38. The Balaban J connectivity index is 1.27. The van der Waals surface area contributed by atoms with Crippen LogP contribution >= 0.6 is 0 Å². The molecule has 0 unspecified atom stereocenters. The molecule has 0 spiro atoms. The molecule has 1 aromatic carbocycles. The molecule has 1 N–H and O–H groups in total. The van der Waals surface area contributed by atoms with E-state index in [2.05, 4.69) is 15.4 Å². The van der Waals surface area contributed by atoms with Gasteiger partial charge in [0.1, 0.15) is 0 Å². The molecule has 0 bridgehead atoms. The highest BCUT2D eigenvalue weighted by molar-refractivity contribution is 6.21. The Bertz CT molecular complexity index is 1110. The van der Waals surface area contributed by atoms with Crippen LogP contribution in [0.3, 0.4) is 0 Å². The Hall–Kier alpha value is -3.81. The van der Waals surface area contributed by atoms with Crippen LogP contribution in [0.25, 0.3) is 0 Å². The van der Waals surface area contributed by atoms with Gasteiger partial charge in [0.2, 0.25) is 5.91 Å². The van der Waals surface area contributed by atoms with Crippen molar-refractivity contribution >= 4 is 23.5 Å². The summed E-state index contributed by atoms with van der Waals surface area (Å²) in [6, 6.07) is 10.8. The molecule has 3 aromatic rings. The number of nitrogens with zero attached hydrogens (tertiary/aromatic N) is 4. The number of nitrogens with one attached hydrogen (secondary N) is 1. The van der Waals surface area contributed by atoms with Gasteiger partial charge >= 0.3 is 0 Å². The van der Waals surface area contributed by atoms with Gasteiger partial charge in [0.25, 0.3) is 11.8 Å². The van der Waals surface area contributed by atoms with Crippen LogP contribution in [0.15, 0.2) is 55.0 Å². The summed E-state index contributed by atoms with van der Waals surface area (Å²) in [7, 11) is 0. The molecule has 0 radical (unpaired) electrons. The number of hydrogen-bond acceptors (Lipinski definition) is 5. The lowest BCUT2D eigenvalue weighted by Crippen LogP contribution is -2.31. The number of rotatable bonds is 7. The first-order valence-corrected chi connectivity index (χ1v) is 9.70. The van der Waals surface area contributed by atoms with Crippen LogP contribution in [-0.2, 0) is 11.3 Å². The van der Waals surface area contributed by atoms with Crippen molar-refractivity contribution in [1.82, 2.24) is 19.7 Å². The molecule has 0 aliphatic carbocycles. The molecular formula is C22H21N5O3. The first-order chi connectivity index (χ1) is 14.5. The number of fused-ring (bicyclic) bond motifs is 1. The van der Waals surface area contributed by atoms with E-state index in [-0.39, 0.29) is 30.7 Å². The number of carbonyl (C=O) groups is 3. The zero-order valence-corrected chi connectivity index (χ0v) is 16.5. The summed E-state index contributed by atoms with van der Waals surface area (Å²) in [6.07, 6.45) is 5.82. The predicted octanol–water partition coefficient (Wildman–Crippen LogP) is 2.65. The van der Waals surface area contributed by atoms with Gasteiger partial charge in [-0.15, -0.1) is 0 Å². The Labute approximate surface area is 173 Å². The SMILES string of the molecule is Cc1ccc2c(c1)C(=O)N(CCCC(=O)Nc1ccn(Cc3cccnc3)n1)C2=O. The van der Waals surface area contributed by atoms with Crippen molar-refractivity contribution in [2.24, 2.45) is 0 Å². The molecule has 8 heteroatoms. The van der Waals surface area contributed by atoms with Crippen LogP contribution in [0.1, 0.15) is 44.7 Å². The van der Waals surface area contributed by atoms with Crippen molar-refractivity contribution in [1.29, 1.82) is 0 Å². The van der Waals surface area contributed by atoms with E-state index < -0.39 is 0 Å². The van der Waals surface area contributed by atoms with Crippen molar-refractivity contribution in [2.45, 2.75) is 26.3 Å². The van der Waals surface area contributed by atoms with Gasteiger partial charge in [-0.05, 0) is 37.1 Å². The van der Waals surface area contributed by atoms with Crippen molar-refractivity contribution in [3.63, 3.8) is 0 Å². The summed E-state index contributed by atoms with van der Waals surface area (Å²) >= 11 is 0. The Morgan fingerprint density at radius 3 is 2.73 bits per heavy atom. The van der Waals surface area contributed by atoms with Gasteiger partial charge < -0.3 is 5.32 Å². The van der Waals surface area contributed by atoms with Gasteiger partial charge in [-0.1, -0.05) is 17.7 Å². The largest absolute Gasteiger partial charge is 0.309 e. The van der Waals surface area contributed by atoms with E-state index in [1.807, 2.05) is 25.1 Å². The zero-order chi connectivity index (χ0) is 21.1. The summed E-state index contributed by atoms with van der Waals surface area (Å²) in [5, 5.41) is 7.07. The normalized spacial score (nSPS) is 12.9. The quantitative estimate of drug-likeness (QED) is 0.612. The van der Waals surface area contributed by atoms with Crippen molar-refractivity contribution in [3.05, 3.63) is 77.2 Å². The first kappa shape index (κ1) is 19.5. The molecule has 0 fully saturated rings. The molecule has 0 atom stereocenters. The second-order valence-electron chi connectivity index (χ2n) is 7.22. The van der Waals surface area contributed by atoms with Gasteiger partial charge in [0.15, 0.2) is 5.82 Å². The maximum Gasteiger partial charge on any atom is 0.261 e. The Morgan fingerprint density at radius 2 is 1.93 bits per heavy atom. The molecule has 3 heterocycles. The lowest BCUT2D eigenvalue weighted by atomic mass is 10.1. The third kappa shape index (κ3) is 4.12. The summed E-state index contributed by atoms with van der Waals surface area (Å²) in [5.41, 5.74) is 2.80. The van der Waals surface area contributed by atoms with Gasteiger partial charge in [-0.3, -0.25) is 28.9 Å². The molecule has 2 aromatic heterocycles. The van der Waals surface area contributed by atoms with E-state index in [1.165, 1.54) is 4.90 Å². The molecule has 152 valence electrons. The van der Waals surface area contributed by atoms with E-state index in [1.54, 1.807) is 41.5 Å². The van der Waals surface area contributed by atoms with Gasteiger partial charge in [-0.25, -0.2) is 0 Å². The minimum atomic E-state index is -0.301. The van der Waals surface area contributed by atoms with Gasteiger partial charge in [-0.2, -0.15) is 5.10 Å². The van der Waals surface area contributed by atoms with Crippen LogP contribution in [0, 0.1) is 6.92 Å². The fraction of sp³-hybridized carbons (Fsp3) is 0.227. The summed E-state index contributed by atoms with van der Waals surface area (Å²) in [4.78, 5) is 42.4.